The Labute approximate surface area is 105 Å². The van der Waals surface area contributed by atoms with E-state index in [1.54, 1.807) is 0 Å². The van der Waals surface area contributed by atoms with E-state index in [1.807, 2.05) is 0 Å². The van der Waals surface area contributed by atoms with Gasteiger partial charge in [-0.15, -0.1) is 0 Å². The molecule has 2 heteroatoms. The summed E-state index contributed by atoms with van der Waals surface area (Å²) in [7, 11) is 0. The highest BCUT2D eigenvalue weighted by Gasteiger charge is 2.26. The third kappa shape index (κ3) is 3.29. The first kappa shape index (κ1) is 12.6. The molecule has 1 aromatic heterocycles. The van der Waals surface area contributed by atoms with Crippen LogP contribution in [0.1, 0.15) is 44.5 Å². The van der Waals surface area contributed by atoms with Crippen molar-refractivity contribution in [2.75, 3.05) is 19.6 Å². The molecule has 0 aliphatic carbocycles. The van der Waals surface area contributed by atoms with Gasteiger partial charge < -0.3 is 4.90 Å². The molecule has 0 amide bonds. The zero-order valence-corrected chi connectivity index (χ0v) is 11.4. The summed E-state index contributed by atoms with van der Waals surface area (Å²) in [6, 6.07) is 6.35. The molecule has 0 radical (unpaired) electrons. The lowest BCUT2D eigenvalue weighted by Crippen LogP contribution is -2.40. The van der Waals surface area contributed by atoms with Crippen LogP contribution in [0.25, 0.3) is 0 Å². The maximum atomic E-state index is 4.68. The predicted molar refractivity (Wildman–Crippen MR) is 72.3 cm³/mol. The molecule has 0 aromatic carbocycles. The van der Waals surface area contributed by atoms with Crippen LogP contribution < -0.4 is 0 Å². The van der Waals surface area contributed by atoms with E-state index in [0.29, 0.717) is 0 Å². The van der Waals surface area contributed by atoms with Gasteiger partial charge in [0.05, 0.1) is 0 Å². The number of likely N-dealkylation sites (tertiary alicyclic amines) is 1. The normalized spacial score (nSPS) is 18.3. The van der Waals surface area contributed by atoms with Crippen LogP contribution in [0, 0.1) is 6.92 Å². The molecule has 0 bridgehead atoms. The monoisotopic (exact) mass is 232 g/mol. The van der Waals surface area contributed by atoms with Gasteiger partial charge >= 0.3 is 0 Å². The fourth-order valence-electron chi connectivity index (χ4n) is 2.68. The zero-order valence-electron chi connectivity index (χ0n) is 11.4. The number of aromatic nitrogens is 1. The van der Waals surface area contributed by atoms with Crippen LogP contribution in [0.2, 0.25) is 0 Å². The van der Waals surface area contributed by atoms with Gasteiger partial charge in [-0.3, -0.25) is 4.98 Å². The summed E-state index contributed by atoms with van der Waals surface area (Å²) in [5.74, 6) is 0. The van der Waals surface area contributed by atoms with Gasteiger partial charge in [-0.05, 0) is 45.0 Å². The largest absolute Gasteiger partial charge is 0.302 e. The fourth-order valence-corrected chi connectivity index (χ4v) is 2.68. The van der Waals surface area contributed by atoms with E-state index >= 15 is 0 Å². The van der Waals surface area contributed by atoms with Crippen LogP contribution in [0.4, 0.5) is 0 Å². The molecular weight excluding hydrogens is 208 g/mol. The highest BCUT2D eigenvalue weighted by molar-refractivity contribution is 5.18. The van der Waals surface area contributed by atoms with Crippen molar-refractivity contribution >= 4 is 0 Å². The van der Waals surface area contributed by atoms with Gasteiger partial charge in [0.15, 0.2) is 0 Å². The summed E-state index contributed by atoms with van der Waals surface area (Å²) in [6.45, 7) is 10.3. The zero-order chi connectivity index (χ0) is 12.3. The molecule has 1 aliphatic heterocycles. The summed E-state index contributed by atoms with van der Waals surface area (Å²) in [6.07, 6.45) is 4.12. The number of hydrogen-bond acceptors (Lipinski definition) is 2. The number of rotatable bonds is 3. The van der Waals surface area contributed by atoms with Gasteiger partial charge in [-0.1, -0.05) is 26.3 Å². The van der Waals surface area contributed by atoms with E-state index in [9.17, 15) is 0 Å². The summed E-state index contributed by atoms with van der Waals surface area (Å²) in [4.78, 5) is 7.27. The first-order valence-electron chi connectivity index (χ1n) is 6.74. The molecule has 0 spiro atoms. The van der Waals surface area contributed by atoms with Gasteiger partial charge in [-0.25, -0.2) is 0 Å². The Hall–Kier alpha value is -0.890. The van der Waals surface area contributed by atoms with Gasteiger partial charge in [0.2, 0.25) is 0 Å². The maximum absolute atomic E-state index is 4.68. The number of aryl methyl sites for hydroxylation is 1. The SMILES string of the molecule is Cc1cccc(C(C)(C)CN2CCCCC2)n1. The highest BCUT2D eigenvalue weighted by atomic mass is 15.1. The molecule has 0 unspecified atom stereocenters. The Morgan fingerprint density at radius 2 is 1.88 bits per heavy atom. The predicted octanol–water partition coefficient (Wildman–Crippen LogP) is 3.15. The average molecular weight is 232 g/mol. The Kier molecular flexibility index (Phi) is 3.82. The Morgan fingerprint density at radius 1 is 1.18 bits per heavy atom. The quantitative estimate of drug-likeness (QED) is 0.796. The van der Waals surface area contributed by atoms with Gasteiger partial charge in [0.1, 0.15) is 0 Å². The van der Waals surface area contributed by atoms with Crippen molar-refractivity contribution in [2.45, 2.75) is 45.4 Å². The Bertz CT molecular complexity index is 365. The molecule has 1 saturated heterocycles. The van der Waals surface area contributed by atoms with Crippen molar-refractivity contribution in [3.8, 4) is 0 Å². The van der Waals surface area contributed by atoms with Crippen molar-refractivity contribution in [2.24, 2.45) is 0 Å². The van der Waals surface area contributed by atoms with Crippen LogP contribution in [0.5, 0.6) is 0 Å². The average Bonchev–Trinajstić information content (AvgIpc) is 2.30. The third-order valence-corrected chi connectivity index (χ3v) is 3.65. The smallest absolute Gasteiger partial charge is 0.0475 e. The third-order valence-electron chi connectivity index (χ3n) is 3.65. The van der Waals surface area contributed by atoms with E-state index in [-0.39, 0.29) is 5.41 Å². The lowest BCUT2D eigenvalue weighted by molar-refractivity contribution is 0.188. The number of piperidine rings is 1. The topological polar surface area (TPSA) is 16.1 Å². The van der Waals surface area contributed by atoms with Crippen LogP contribution in [0.3, 0.4) is 0 Å². The lowest BCUT2D eigenvalue weighted by atomic mass is 9.87. The molecule has 1 aromatic rings. The molecule has 0 saturated carbocycles. The Balaban J connectivity index is 2.06. The number of nitrogens with zero attached hydrogens (tertiary/aromatic N) is 2. The summed E-state index contributed by atoms with van der Waals surface area (Å²) in [5.41, 5.74) is 2.50. The molecular formula is C15H24N2. The molecule has 94 valence electrons. The summed E-state index contributed by atoms with van der Waals surface area (Å²) in [5, 5.41) is 0. The van der Waals surface area contributed by atoms with Crippen LogP contribution in [0.15, 0.2) is 18.2 Å². The molecule has 2 heterocycles. The van der Waals surface area contributed by atoms with Crippen molar-refractivity contribution in [1.82, 2.24) is 9.88 Å². The minimum atomic E-state index is 0.156. The number of hydrogen-bond donors (Lipinski definition) is 0. The van der Waals surface area contributed by atoms with Gasteiger partial charge in [-0.2, -0.15) is 0 Å². The molecule has 0 atom stereocenters. The molecule has 0 N–H and O–H groups in total. The molecule has 1 aliphatic rings. The molecule has 2 nitrogen and oxygen atoms in total. The van der Waals surface area contributed by atoms with Crippen molar-refractivity contribution in [3.05, 3.63) is 29.6 Å². The standard InChI is InChI=1S/C15H24N2/c1-13-8-7-9-14(16-13)15(2,3)12-17-10-5-4-6-11-17/h7-9H,4-6,10-12H2,1-3H3. The van der Waals surface area contributed by atoms with E-state index in [2.05, 4.69) is 48.9 Å². The van der Waals surface area contributed by atoms with Crippen LogP contribution in [-0.2, 0) is 5.41 Å². The lowest BCUT2D eigenvalue weighted by Gasteiger charge is -2.34. The first-order chi connectivity index (χ1) is 8.08. The van der Waals surface area contributed by atoms with Crippen molar-refractivity contribution in [3.63, 3.8) is 0 Å². The molecule has 17 heavy (non-hydrogen) atoms. The molecule has 1 fully saturated rings. The number of pyridine rings is 1. The highest BCUT2D eigenvalue weighted by Crippen LogP contribution is 2.24. The van der Waals surface area contributed by atoms with E-state index in [0.717, 1.165) is 12.2 Å². The minimum Gasteiger partial charge on any atom is -0.302 e. The second-order valence-corrected chi connectivity index (χ2v) is 5.88. The van der Waals surface area contributed by atoms with Crippen LogP contribution in [-0.4, -0.2) is 29.5 Å². The van der Waals surface area contributed by atoms with E-state index in [1.165, 1.54) is 38.0 Å². The summed E-state index contributed by atoms with van der Waals surface area (Å²) < 4.78 is 0. The van der Waals surface area contributed by atoms with Gasteiger partial charge in [0, 0.05) is 23.3 Å². The second-order valence-electron chi connectivity index (χ2n) is 5.88. The van der Waals surface area contributed by atoms with E-state index in [4.69, 9.17) is 0 Å². The molecule has 2 rings (SSSR count). The maximum Gasteiger partial charge on any atom is 0.0475 e. The van der Waals surface area contributed by atoms with E-state index < -0.39 is 0 Å². The fraction of sp³-hybridized carbons (Fsp3) is 0.667. The van der Waals surface area contributed by atoms with Crippen molar-refractivity contribution in [1.29, 1.82) is 0 Å². The second kappa shape index (κ2) is 5.18. The Morgan fingerprint density at radius 3 is 2.53 bits per heavy atom. The van der Waals surface area contributed by atoms with Gasteiger partial charge in [0.25, 0.3) is 0 Å². The summed E-state index contributed by atoms with van der Waals surface area (Å²) >= 11 is 0. The first-order valence-corrected chi connectivity index (χ1v) is 6.74. The van der Waals surface area contributed by atoms with Crippen molar-refractivity contribution < 1.29 is 0 Å². The minimum absolute atomic E-state index is 0.156. The van der Waals surface area contributed by atoms with Crippen LogP contribution >= 0.6 is 0 Å².